The van der Waals surface area contributed by atoms with Crippen LogP contribution in [0.1, 0.15) is 49.7 Å². The molecule has 0 aromatic heterocycles. The number of hydrogen-bond acceptors (Lipinski definition) is 0. The van der Waals surface area contributed by atoms with E-state index in [9.17, 15) is 0 Å². The van der Waals surface area contributed by atoms with E-state index in [2.05, 4.69) is 118 Å². The first-order chi connectivity index (χ1) is 18.0. The Bertz CT molecular complexity index is 1430. The predicted molar refractivity (Wildman–Crippen MR) is 162 cm³/mol. The van der Waals surface area contributed by atoms with Crippen LogP contribution in [0, 0.1) is 12.8 Å². The molecule has 1 heterocycles. The number of hydrogen-bond donors (Lipinski definition) is 0. The molecule has 0 radical (unpaired) electrons. The summed E-state index contributed by atoms with van der Waals surface area (Å²) in [6.45, 7) is 3.38. The molecule has 4 aromatic rings. The van der Waals surface area contributed by atoms with Gasteiger partial charge in [-0.25, -0.2) is 0 Å². The molecule has 0 amide bonds. The Labute approximate surface area is 223 Å². The van der Waals surface area contributed by atoms with Crippen LogP contribution in [0.25, 0.3) is 16.2 Å². The van der Waals surface area contributed by atoms with Gasteiger partial charge in [0.25, 0.3) is 6.28 Å². The van der Waals surface area contributed by atoms with Gasteiger partial charge in [0.05, 0.1) is 0 Å². The Kier molecular flexibility index (Phi) is 6.33. The summed E-state index contributed by atoms with van der Waals surface area (Å²) in [4.78, 5) is 0. The largest absolute Gasteiger partial charge is 0.509 e. The van der Waals surface area contributed by atoms with E-state index >= 15 is 0 Å². The molecular formula is C35H40BN. The number of rotatable bonds is 4. The fourth-order valence-electron chi connectivity index (χ4n) is 7.92. The van der Waals surface area contributed by atoms with Gasteiger partial charge in [0.1, 0.15) is 0 Å². The van der Waals surface area contributed by atoms with Crippen molar-refractivity contribution in [2.24, 2.45) is 5.92 Å². The lowest BCUT2D eigenvalue weighted by atomic mass is 9.19. The molecule has 0 bridgehead atoms. The average Bonchev–Trinajstić information content (AvgIpc) is 2.94. The highest BCUT2D eigenvalue weighted by molar-refractivity contribution is 7.10. The van der Waals surface area contributed by atoms with Gasteiger partial charge in [0.2, 0.25) is 0 Å². The molecule has 1 fully saturated rings. The molecule has 2 heteroatoms. The van der Waals surface area contributed by atoms with Crippen molar-refractivity contribution in [3.8, 4) is 0 Å². The molecule has 1 nitrogen and oxygen atoms in total. The Morgan fingerprint density at radius 1 is 0.676 bits per heavy atom. The van der Waals surface area contributed by atoms with Gasteiger partial charge in [-0.3, -0.25) is 0 Å². The summed E-state index contributed by atoms with van der Waals surface area (Å²) in [5.74, 6) is 0.700. The van der Waals surface area contributed by atoms with E-state index in [0.29, 0.717) is 5.92 Å². The molecule has 0 N–H and O–H groups in total. The van der Waals surface area contributed by atoms with Crippen LogP contribution in [0.4, 0.5) is 0 Å². The minimum Gasteiger partial charge on any atom is -0.509 e. The van der Waals surface area contributed by atoms with E-state index in [1.54, 1.807) is 11.0 Å². The Morgan fingerprint density at radius 3 is 2.05 bits per heavy atom. The highest BCUT2D eigenvalue weighted by Gasteiger charge is 2.51. The van der Waals surface area contributed by atoms with Gasteiger partial charge in [-0.05, 0) is 36.5 Å². The van der Waals surface area contributed by atoms with E-state index < -0.39 is 6.28 Å². The fourth-order valence-corrected chi connectivity index (χ4v) is 7.92. The van der Waals surface area contributed by atoms with Crippen molar-refractivity contribution in [3.63, 3.8) is 0 Å². The molecule has 1 atom stereocenters. The quantitative estimate of drug-likeness (QED) is 0.267. The van der Waals surface area contributed by atoms with Crippen molar-refractivity contribution in [2.45, 2.75) is 45.4 Å². The summed E-state index contributed by atoms with van der Waals surface area (Å²) in [5, 5.41) is 2.66. The molecule has 0 saturated heterocycles. The normalized spacial score (nSPS) is 22.4. The molecule has 2 aliphatic rings. The number of fused-ring (bicyclic) bond motifs is 1. The topological polar surface area (TPSA) is 0 Å². The highest BCUT2D eigenvalue weighted by Crippen LogP contribution is 2.45. The minimum absolute atomic E-state index is 0.700. The summed E-state index contributed by atoms with van der Waals surface area (Å²) in [6.07, 6.45) is 6.75. The monoisotopic (exact) mass is 485 g/mol. The number of aryl methyl sites for hydroxylation is 1. The van der Waals surface area contributed by atoms with Crippen LogP contribution in [0.5, 0.6) is 0 Å². The zero-order valence-corrected chi connectivity index (χ0v) is 22.8. The van der Waals surface area contributed by atoms with Crippen molar-refractivity contribution >= 4 is 33.5 Å². The Morgan fingerprint density at radius 2 is 1.32 bits per heavy atom. The maximum atomic E-state index is 2.49. The third kappa shape index (κ3) is 4.07. The molecule has 188 valence electrons. The summed E-state index contributed by atoms with van der Waals surface area (Å²) in [6, 6.07) is 37.2. The van der Waals surface area contributed by atoms with Crippen molar-refractivity contribution in [1.82, 2.24) is 0 Å². The van der Waals surface area contributed by atoms with Gasteiger partial charge >= 0.3 is 0 Å². The molecule has 1 aliphatic carbocycles. The van der Waals surface area contributed by atoms with E-state index in [1.807, 2.05) is 0 Å². The molecule has 6 rings (SSSR count). The third-order valence-electron chi connectivity index (χ3n) is 9.77. The van der Waals surface area contributed by atoms with Crippen LogP contribution in [0.3, 0.4) is 0 Å². The Hall–Kier alpha value is -3.10. The summed E-state index contributed by atoms with van der Waals surface area (Å²) < 4.78 is 0.978. The second kappa shape index (κ2) is 9.65. The number of nitrogens with zero attached hydrogens (tertiary/aromatic N) is 1. The van der Waals surface area contributed by atoms with Gasteiger partial charge in [0.15, 0.2) is 0 Å². The molecular weight excluding hydrogens is 445 g/mol. The van der Waals surface area contributed by atoms with Crippen molar-refractivity contribution < 1.29 is 4.39 Å². The Balaban J connectivity index is 1.74. The van der Waals surface area contributed by atoms with Gasteiger partial charge in [-0.2, -0.15) is 0 Å². The first-order valence-corrected chi connectivity index (χ1v) is 14.3. The van der Waals surface area contributed by atoms with Crippen molar-refractivity contribution in [1.29, 1.82) is 0 Å². The van der Waals surface area contributed by atoms with Gasteiger partial charge in [0, 0.05) is 27.1 Å². The summed E-state index contributed by atoms with van der Waals surface area (Å²) in [7, 11) is 4.98. The average molecular weight is 486 g/mol. The lowest BCUT2D eigenvalue weighted by Crippen LogP contribution is -2.79. The minimum atomic E-state index is -1.26. The van der Waals surface area contributed by atoms with Crippen molar-refractivity contribution in [3.05, 3.63) is 114 Å². The molecule has 1 aliphatic heterocycles. The first kappa shape index (κ1) is 24.3. The van der Waals surface area contributed by atoms with Crippen LogP contribution >= 0.6 is 0 Å². The number of quaternary nitrogens is 1. The standard InChI is InChI=1S/C35H40BN/c1-27-18-22-33(23-19-27)36(32-16-8-5-9-17-32)35(31-21-20-28-12-10-11-15-30(28)26-31)34(24-25-37(36,2)3)29-13-6-4-7-14-29/h5,8-12,15-23,26,29H,4,6-7,13-14,24-25H2,1-3H3. The first-order valence-electron chi connectivity index (χ1n) is 14.3. The lowest BCUT2D eigenvalue weighted by molar-refractivity contribution is -0.787. The molecule has 1 saturated carbocycles. The molecule has 0 spiro atoms. The van der Waals surface area contributed by atoms with Gasteiger partial charge in [-0.15, -0.1) is 16.4 Å². The van der Waals surface area contributed by atoms with Crippen LogP contribution in [0.15, 0.2) is 103 Å². The van der Waals surface area contributed by atoms with E-state index in [-0.39, 0.29) is 0 Å². The van der Waals surface area contributed by atoms with Crippen LogP contribution in [-0.2, 0) is 0 Å². The van der Waals surface area contributed by atoms with Gasteiger partial charge < -0.3 is 4.39 Å². The lowest BCUT2D eigenvalue weighted by Gasteiger charge is -2.62. The maximum absolute atomic E-state index is 2.49. The van der Waals surface area contributed by atoms with Crippen LogP contribution in [-0.4, -0.2) is 31.3 Å². The predicted octanol–water partition coefficient (Wildman–Crippen LogP) is 7.26. The fraction of sp³-hybridized carbons (Fsp3) is 0.314. The van der Waals surface area contributed by atoms with E-state index in [0.717, 1.165) is 4.39 Å². The van der Waals surface area contributed by atoms with Crippen LogP contribution < -0.4 is 10.9 Å². The highest BCUT2D eigenvalue weighted by atomic mass is 15.3. The SMILES string of the molecule is Cc1ccc([B-]2(c3ccccc3)C(c3ccc4ccccc4c3)=C(C3CCCCC3)CC[N+]2(C)C)cc1. The van der Waals surface area contributed by atoms with E-state index in [4.69, 9.17) is 0 Å². The molecule has 37 heavy (non-hydrogen) atoms. The van der Waals surface area contributed by atoms with Crippen molar-refractivity contribution in [2.75, 3.05) is 20.6 Å². The zero-order chi connectivity index (χ0) is 25.5. The molecule has 4 aromatic carbocycles. The summed E-state index contributed by atoms with van der Waals surface area (Å²) in [5.41, 5.74) is 9.06. The zero-order valence-electron chi connectivity index (χ0n) is 22.8. The second-order valence-electron chi connectivity index (χ2n) is 12.2. The van der Waals surface area contributed by atoms with E-state index in [1.165, 1.54) is 77.9 Å². The third-order valence-corrected chi connectivity index (χ3v) is 9.77. The maximum Gasteiger partial charge on any atom is 0.291 e. The smallest absolute Gasteiger partial charge is 0.291 e. The summed E-state index contributed by atoms with van der Waals surface area (Å²) >= 11 is 0. The molecule has 1 unspecified atom stereocenters. The van der Waals surface area contributed by atoms with Crippen LogP contribution in [0.2, 0.25) is 0 Å². The second-order valence-corrected chi connectivity index (χ2v) is 12.2. The van der Waals surface area contributed by atoms with Gasteiger partial charge in [-0.1, -0.05) is 133 Å². The number of benzene rings is 4.